The number of ether oxygens (including phenoxy) is 1. The summed E-state index contributed by atoms with van der Waals surface area (Å²) < 4.78 is 18.2. The molecule has 1 aliphatic rings. The zero-order chi connectivity index (χ0) is 14.7. The summed E-state index contributed by atoms with van der Waals surface area (Å²) in [4.78, 5) is 25.4. The first kappa shape index (κ1) is 14.8. The Morgan fingerprint density at radius 1 is 1.55 bits per heavy atom. The van der Waals surface area contributed by atoms with Crippen molar-refractivity contribution in [3.05, 3.63) is 29.0 Å². The molecule has 108 valence electrons. The van der Waals surface area contributed by atoms with E-state index in [9.17, 15) is 14.0 Å². The summed E-state index contributed by atoms with van der Waals surface area (Å²) >= 11 is 5.74. The maximum absolute atomic E-state index is 13.2. The third kappa shape index (κ3) is 2.93. The predicted molar refractivity (Wildman–Crippen MR) is 73.2 cm³/mol. The van der Waals surface area contributed by atoms with Crippen molar-refractivity contribution in [3.63, 3.8) is 0 Å². The molecule has 1 saturated heterocycles. The zero-order valence-corrected chi connectivity index (χ0v) is 11.8. The molecule has 1 aliphatic heterocycles. The lowest BCUT2D eigenvalue weighted by molar-refractivity contribution is -0.146. The Balaban J connectivity index is 2.34. The average molecular weight is 300 g/mol. The Bertz CT molecular complexity index is 535. The van der Waals surface area contributed by atoms with E-state index in [1.165, 1.54) is 23.1 Å². The Hall–Kier alpha value is -1.62. The number of hydrogen-bond donors (Lipinski definition) is 0. The second kappa shape index (κ2) is 6.22. The van der Waals surface area contributed by atoms with E-state index in [1.807, 2.05) is 0 Å². The van der Waals surface area contributed by atoms with Crippen LogP contribution in [0.1, 0.15) is 26.2 Å². The van der Waals surface area contributed by atoms with Gasteiger partial charge in [-0.15, -0.1) is 0 Å². The number of carbonyl (C=O) groups excluding carboxylic acids is 2. The number of hydrogen-bond acceptors (Lipinski definition) is 3. The number of benzene rings is 1. The molecule has 0 N–H and O–H groups in total. The molecular formula is C14H15ClFNO3. The number of anilines is 1. The van der Waals surface area contributed by atoms with Crippen LogP contribution in [0.15, 0.2) is 18.2 Å². The molecule has 0 radical (unpaired) electrons. The topological polar surface area (TPSA) is 46.6 Å². The summed E-state index contributed by atoms with van der Waals surface area (Å²) in [6, 6.07) is 3.31. The quantitative estimate of drug-likeness (QED) is 0.806. The van der Waals surface area contributed by atoms with E-state index in [2.05, 4.69) is 0 Å². The molecule has 2 rings (SSSR count). The van der Waals surface area contributed by atoms with Crippen LogP contribution in [0.4, 0.5) is 10.1 Å². The van der Waals surface area contributed by atoms with Crippen LogP contribution in [0.5, 0.6) is 0 Å². The van der Waals surface area contributed by atoms with E-state index in [1.54, 1.807) is 6.92 Å². The van der Waals surface area contributed by atoms with Gasteiger partial charge in [0.05, 0.1) is 11.6 Å². The lowest BCUT2D eigenvalue weighted by Crippen LogP contribution is -2.49. The Morgan fingerprint density at radius 3 is 2.95 bits per heavy atom. The monoisotopic (exact) mass is 299 g/mol. The maximum Gasteiger partial charge on any atom is 0.329 e. The third-order valence-electron chi connectivity index (χ3n) is 3.19. The van der Waals surface area contributed by atoms with Crippen LogP contribution in [-0.2, 0) is 14.3 Å². The fourth-order valence-corrected chi connectivity index (χ4v) is 2.47. The summed E-state index contributed by atoms with van der Waals surface area (Å²) in [6.45, 7) is 1.96. The molecular weight excluding hydrogens is 285 g/mol. The van der Waals surface area contributed by atoms with Crippen LogP contribution in [0.3, 0.4) is 0 Å². The summed E-state index contributed by atoms with van der Waals surface area (Å²) in [5.74, 6) is -1.19. The zero-order valence-electron chi connectivity index (χ0n) is 11.1. The largest absolute Gasteiger partial charge is 0.464 e. The van der Waals surface area contributed by atoms with Gasteiger partial charge in [-0.05, 0) is 38.0 Å². The van der Waals surface area contributed by atoms with Crippen LogP contribution in [-0.4, -0.2) is 24.5 Å². The Kier molecular flexibility index (Phi) is 4.60. The van der Waals surface area contributed by atoms with Crippen molar-refractivity contribution in [1.29, 1.82) is 0 Å². The van der Waals surface area contributed by atoms with Crippen LogP contribution in [0.25, 0.3) is 0 Å². The van der Waals surface area contributed by atoms with E-state index in [0.717, 1.165) is 0 Å². The van der Waals surface area contributed by atoms with Gasteiger partial charge >= 0.3 is 5.97 Å². The van der Waals surface area contributed by atoms with Gasteiger partial charge in [-0.25, -0.2) is 9.18 Å². The van der Waals surface area contributed by atoms with Crippen molar-refractivity contribution >= 4 is 29.2 Å². The number of esters is 1. The van der Waals surface area contributed by atoms with Crippen molar-refractivity contribution in [2.45, 2.75) is 32.2 Å². The van der Waals surface area contributed by atoms with E-state index in [-0.39, 0.29) is 17.5 Å². The average Bonchev–Trinajstić information content (AvgIpc) is 2.42. The smallest absolute Gasteiger partial charge is 0.329 e. The van der Waals surface area contributed by atoms with Crippen LogP contribution < -0.4 is 4.90 Å². The maximum atomic E-state index is 13.2. The van der Waals surface area contributed by atoms with E-state index in [0.29, 0.717) is 24.9 Å². The SMILES string of the molecule is CCOC(=O)C1CCCC(=O)N1c1ccc(F)c(Cl)c1. The highest BCUT2D eigenvalue weighted by Gasteiger charge is 2.35. The normalized spacial score (nSPS) is 19.1. The van der Waals surface area contributed by atoms with E-state index < -0.39 is 17.8 Å². The minimum absolute atomic E-state index is 0.0801. The number of nitrogens with zero attached hydrogens (tertiary/aromatic N) is 1. The van der Waals surface area contributed by atoms with Crippen molar-refractivity contribution in [3.8, 4) is 0 Å². The first-order valence-electron chi connectivity index (χ1n) is 6.48. The number of carbonyl (C=O) groups is 2. The Morgan fingerprint density at radius 2 is 2.30 bits per heavy atom. The standard InChI is InChI=1S/C14H15ClFNO3/c1-2-20-14(19)12-4-3-5-13(18)17(12)9-6-7-11(16)10(15)8-9/h6-8,12H,2-5H2,1H3. The molecule has 1 fully saturated rings. The summed E-state index contributed by atoms with van der Waals surface area (Å²) in [7, 11) is 0. The van der Waals surface area contributed by atoms with Crippen LogP contribution in [0, 0.1) is 5.82 Å². The van der Waals surface area contributed by atoms with Crippen molar-refractivity contribution in [2.75, 3.05) is 11.5 Å². The summed E-state index contributed by atoms with van der Waals surface area (Å²) in [5, 5.41) is -0.0801. The second-order valence-electron chi connectivity index (χ2n) is 4.52. The molecule has 1 atom stereocenters. The van der Waals surface area contributed by atoms with Crippen molar-refractivity contribution in [2.24, 2.45) is 0 Å². The van der Waals surface area contributed by atoms with Crippen molar-refractivity contribution < 1.29 is 18.7 Å². The minimum atomic E-state index is -0.669. The summed E-state index contributed by atoms with van der Waals surface area (Å²) in [5.41, 5.74) is 0.416. The summed E-state index contributed by atoms with van der Waals surface area (Å²) in [6.07, 6.45) is 1.51. The predicted octanol–water partition coefficient (Wildman–Crippen LogP) is 2.93. The first-order valence-corrected chi connectivity index (χ1v) is 6.86. The van der Waals surface area contributed by atoms with Crippen molar-refractivity contribution in [1.82, 2.24) is 0 Å². The molecule has 1 unspecified atom stereocenters. The van der Waals surface area contributed by atoms with Gasteiger partial charge in [-0.2, -0.15) is 0 Å². The molecule has 20 heavy (non-hydrogen) atoms. The van der Waals surface area contributed by atoms with E-state index in [4.69, 9.17) is 16.3 Å². The lowest BCUT2D eigenvalue weighted by Gasteiger charge is -2.34. The van der Waals surface area contributed by atoms with Gasteiger partial charge in [0.15, 0.2) is 0 Å². The second-order valence-corrected chi connectivity index (χ2v) is 4.93. The molecule has 4 nitrogen and oxygen atoms in total. The highest BCUT2D eigenvalue weighted by molar-refractivity contribution is 6.31. The Labute approximate surface area is 121 Å². The lowest BCUT2D eigenvalue weighted by atomic mass is 10.0. The first-order chi connectivity index (χ1) is 9.54. The minimum Gasteiger partial charge on any atom is -0.464 e. The highest BCUT2D eigenvalue weighted by Crippen LogP contribution is 2.29. The van der Waals surface area contributed by atoms with Gasteiger partial charge in [0.1, 0.15) is 11.9 Å². The fourth-order valence-electron chi connectivity index (χ4n) is 2.29. The van der Waals surface area contributed by atoms with Gasteiger partial charge < -0.3 is 4.74 Å². The number of halogens is 2. The molecule has 1 heterocycles. The molecule has 0 spiro atoms. The number of amides is 1. The van der Waals surface area contributed by atoms with E-state index >= 15 is 0 Å². The van der Waals surface area contributed by atoms with Gasteiger partial charge in [-0.1, -0.05) is 11.6 Å². The molecule has 1 amide bonds. The molecule has 6 heteroatoms. The third-order valence-corrected chi connectivity index (χ3v) is 3.48. The van der Waals surface area contributed by atoms with Gasteiger partial charge in [-0.3, -0.25) is 9.69 Å². The molecule has 0 saturated carbocycles. The molecule has 0 aliphatic carbocycles. The van der Waals surface area contributed by atoms with Gasteiger partial charge in [0, 0.05) is 12.1 Å². The van der Waals surface area contributed by atoms with Crippen LogP contribution >= 0.6 is 11.6 Å². The molecule has 1 aromatic carbocycles. The number of rotatable bonds is 3. The van der Waals surface area contributed by atoms with Gasteiger partial charge in [0.2, 0.25) is 5.91 Å². The van der Waals surface area contributed by atoms with Crippen LogP contribution in [0.2, 0.25) is 5.02 Å². The highest BCUT2D eigenvalue weighted by atomic mass is 35.5. The molecule has 0 aromatic heterocycles. The fraction of sp³-hybridized carbons (Fsp3) is 0.429. The molecule has 0 bridgehead atoms. The number of piperidine rings is 1. The van der Waals surface area contributed by atoms with Gasteiger partial charge in [0.25, 0.3) is 0 Å². The molecule has 1 aromatic rings.